The minimum absolute atomic E-state index is 0.0393. The van der Waals surface area contributed by atoms with E-state index in [0.717, 1.165) is 0 Å². The van der Waals surface area contributed by atoms with E-state index in [4.69, 9.17) is 5.11 Å². The molecule has 0 aliphatic carbocycles. The Kier molecular flexibility index (Phi) is 3.86. The van der Waals surface area contributed by atoms with Crippen LogP contribution in [-0.4, -0.2) is 16.9 Å². The van der Waals surface area contributed by atoms with E-state index in [9.17, 15) is 9.59 Å². The molecule has 1 N–H and O–H groups in total. The molecule has 0 saturated heterocycles. The summed E-state index contributed by atoms with van der Waals surface area (Å²) in [5.41, 5.74) is -0.506. The van der Waals surface area contributed by atoms with Gasteiger partial charge in [0, 0.05) is 5.41 Å². The Labute approximate surface area is 85.5 Å². The molecule has 82 valence electrons. The van der Waals surface area contributed by atoms with Crippen LogP contribution in [-0.2, 0) is 9.59 Å². The van der Waals surface area contributed by atoms with Crippen LogP contribution in [0.2, 0.25) is 0 Å². The highest BCUT2D eigenvalue weighted by Gasteiger charge is 2.33. The smallest absolute Gasteiger partial charge is 0.310 e. The molecule has 0 aromatic carbocycles. The number of rotatable bonds is 4. The molecule has 0 bridgehead atoms. The topological polar surface area (TPSA) is 54.4 Å². The van der Waals surface area contributed by atoms with Crippen molar-refractivity contribution in [1.82, 2.24) is 0 Å². The molecule has 0 aliphatic heterocycles. The van der Waals surface area contributed by atoms with Crippen molar-refractivity contribution >= 4 is 11.8 Å². The monoisotopic (exact) mass is 200 g/mol. The molecule has 0 spiro atoms. The zero-order valence-corrected chi connectivity index (χ0v) is 9.68. The third-order valence-electron chi connectivity index (χ3n) is 2.04. The van der Waals surface area contributed by atoms with Crippen molar-refractivity contribution in [3.05, 3.63) is 0 Å². The molecule has 0 atom stereocenters. The van der Waals surface area contributed by atoms with Crippen LogP contribution in [0.1, 0.15) is 47.5 Å². The van der Waals surface area contributed by atoms with Crippen LogP contribution in [0.25, 0.3) is 0 Å². The van der Waals surface area contributed by atoms with Gasteiger partial charge in [-0.2, -0.15) is 0 Å². The maximum Gasteiger partial charge on any atom is 0.310 e. The highest BCUT2D eigenvalue weighted by atomic mass is 16.4. The van der Waals surface area contributed by atoms with Gasteiger partial charge in [0.05, 0.1) is 0 Å². The largest absolute Gasteiger partial charge is 0.481 e. The third kappa shape index (κ3) is 5.00. The van der Waals surface area contributed by atoms with Crippen LogP contribution in [0.5, 0.6) is 0 Å². The Bertz CT molecular complexity index is 233. The molecule has 0 fully saturated rings. The van der Waals surface area contributed by atoms with Crippen molar-refractivity contribution in [2.75, 3.05) is 0 Å². The van der Waals surface area contributed by atoms with Crippen LogP contribution in [0.3, 0.4) is 0 Å². The number of carbonyl (C=O) groups is 2. The zero-order valence-electron chi connectivity index (χ0n) is 9.68. The molecule has 0 aromatic rings. The lowest BCUT2D eigenvalue weighted by Crippen LogP contribution is -2.30. The number of carbonyl (C=O) groups excluding carboxylic acids is 1. The van der Waals surface area contributed by atoms with Gasteiger partial charge in [0.25, 0.3) is 0 Å². The molecule has 0 aromatic heterocycles. The number of hydrogen-bond acceptors (Lipinski definition) is 2. The van der Waals surface area contributed by atoms with Crippen LogP contribution in [0.15, 0.2) is 0 Å². The van der Waals surface area contributed by atoms with E-state index in [0.29, 0.717) is 6.42 Å². The molecule has 3 heteroatoms. The highest BCUT2D eigenvalue weighted by molar-refractivity contribution is 5.97. The Morgan fingerprint density at radius 2 is 1.50 bits per heavy atom. The summed E-state index contributed by atoms with van der Waals surface area (Å²) < 4.78 is 0. The average molecular weight is 200 g/mol. The van der Waals surface area contributed by atoms with E-state index < -0.39 is 11.4 Å². The lowest BCUT2D eigenvalue weighted by Gasteiger charge is -2.30. The number of ketones is 1. The van der Waals surface area contributed by atoms with Crippen LogP contribution < -0.4 is 0 Å². The van der Waals surface area contributed by atoms with Gasteiger partial charge in [-0.15, -0.1) is 0 Å². The summed E-state index contributed by atoms with van der Waals surface area (Å²) in [6.07, 6.45) is 0.329. The number of aliphatic carboxylic acids is 1. The van der Waals surface area contributed by atoms with E-state index in [1.165, 1.54) is 0 Å². The van der Waals surface area contributed by atoms with Gasteiger partial charge in [-0.05, 0) is 11.8 Å². The number of hydrogen-bond donors (Lipinski definition) is 1. The average Bonchev–Trinajstić information content (AvgIpc) is 1.78. The standard InChI is InChI=1S/C11H20O3/c1-10(2,3)7-11(4,5)8(12)6-9(13)14/h6-7H2,1-5H3,(H,13,14). The summed E-state index contributed by atoms with van der Waals surface area (Å²) >= 11 is 0. The maximum atomic E-state index is 11.6. The van der Waals surface area contributed by atoms with E-state index in [1.54, 1.807) is 0 Å². The van der Waals surface area contributed by atoms with Crippen molar-refractivity contribution < 1.29 is 14.7 Å². The fourth-order valence-electron chi connectivity index (χ4n) is 1.80. The molecule has 0 aliphatic rings. The van der Waals surface area contributed by atoms with Crippen LogP contribution in [0.4, 0.5) is 0 Å². The second-order valence-electron chi connectivity index (χ2n) is 5.62. The van der Waals surface area contributed by atoms with Crippen molar-refractivity contribution in [2.45, 2.75) is 47.5 Å². The molecule has 0 radical (unpaired) electrons. The highest BCUT2D eigenvalue weighted by Crippen LogP contribution is 2.34. The first-order chi connectivity index (χ1) is 6.04. The number of carboxylic acids is 1. The Balaban J connectivity index is 4.46. The predicted octanol–water partition coefficient (Wildman–Crippen LogP) is 2.49. The van der Waals surface area contributed by atoms with Gasteiger partial charge in [-0.3, -0.25) is 9.59 Å². The van der Waals surface area contributed by atoms with Crippen molar-refractivity contribution in [1.29, 1.82) is 0 Å². The third-order valence-corrected chi connectivity index (χ3v) is 2.04. The van der Waals surface area contributed by atoms with Gasteiger partial charge in [-0.25, -0.2) is 0 Å². The summed E-state index contributed by atoms with van der Waals surface area (Å²) in [5.74, 6) is -1.24. The van der Waals surface area contributed by atoms with Crippen molar-refractivity contribution in [2.24, 2.45) is 10.8 Å². The number of carboxylic acid groups (broad SMARTS) is 1. The lowest BCUT2D eigenvalue weighted by atomic mass is 9.73. The molecule has 14 heavy (non-hydrogen) atoms. The summed E-state index contributed by atoms with van der Waals surface area (Å²) in [5, 5.41) is 8.52. The summed E-state index contributed by atoms with van der Waals surface area (Å²) in [6, 6.07) is 0. The molecular formula is C11H20O3. The molecule has 0 rings (SSSR count). The molecule has 3 nitrogen and oxygen atoms in total. The molecular weight excluding hydrogens is 180 g/mol. The summed E-state index contributed by atoms with van der Waals surface area (Å²) in [7, 11) is 0. The van der Waals surface area contributed by atoms with Crippen LogP contribution >= 0.6 is 0 Å². The Morgan fingerprint density at radius 3 is 1.79 bits per heavy atom. The van der Waals surface area contributed by atoms with Gasteiger partial charge in [0.2, 0.25) is 0 Å². The Hall–Kier alpha value is -0.860. The van der Waals surface area contributed by atoms with Gasteiger partial charge >= 0.3 is 5.97 Å². The van der Waals surface area contributed by atoms with Gasteiger partial charge in [0.15, 0.2) is 0 Å². The summed E-state index contributed by atoms with van der Waals surface area (Å²) in [4.78, 5) is 22.0. The van der Waals surface area contributed by atoms with E-state index in [-0.39, 0.29) is 17.6 Å². The minimum Gasteiger partial charge on any atom is -0.481 e. The SMILES string of the molecule is CC(C)(C)CC(C)(C)C(=O)CC(=O)O. The molecule has 0 amide bonds. The fourth-order valence-corrected chi connectivity index (χ4v) is 1.80. The number of Topliss-reactive ketones (excluding diaryl/α,β-unsaturated/α-hetero) is 1. The molecule has 0 heterocycles. The second kappa shape index (κ2) is 4.11. The zero-order chi connectivity index (χ0) is 11.6. The van der Waals surface area contributed by atoms with E-state index >= 15 is 0 Å². The van der Waals surface area contributed by atoms with Gasteiger partial charge < -0.3 is 5.11 Å². The lowest BCUT2D eigenvalue weighted by molar-refractivity contribution is -0.143. The van der Waals surface area contributed by atoms with E-state index in [2.05, 4.69) is 0 Å². The fraction of sp³-hybridized carbons (Fsp3) is 0.818. The minimum atomic E-state index is -1.04. The molecule has 0 saturated carbocycles. The second-order valence-corrected chi connectivity index (χ2v) is 5.62. The van der Waals surface area contributed by atoms with Crippen molar-refractivity contribution in [3.8, 4) is 0 Å². The first kappa shape index (κ1) is 13.1. The molecule has 0 unspecified atom stereocenters. The Morgan fingerprint density at radius 1 is 1.07 bits per heavy atom. The first-order valence-corrected chi connectivity index (χ1v) is 4.80. The normalized spacial score (nSPS) is 12.6. The van der Waals surface area contributed by atoms with E-state index in [1.807, 2.05) is 34.6 Å². The van der Waals surface area contributed by atoms with Crippen LogP contribution in [0, 0.1) is 10.8 Å². The van der Waals surface area contributed by atoms with Gasteiger partial charge in [-0.1, -0.05) is 34.6 Å². The van der Waals surface area contributed by atoms with Crippen molar-refractivity contribution in [3.63, 3.8) is 0 Å². The quantitative estimate of drug-likeness (QED) is 0.709. The van der Waals surface area contributed by atoms with Gasteiger partial charge in [0.1, 0.15) is 12.2 Å². The first-order valence-electron chi connectivity index (χ1n) is 4.80. The summed E-state index contributed by atoms with van der Waals surface area (Å²) in [6.45, 7) is 9.75. The predicted molar refractivity (Wildman–Crippen MR) is 55.1 cm³/mol. The maximum absolute atomic E-state index is 11.6.